The first-order chi connectivity index (χ1) is 19.7. The number of halogens is 3. The molecule has 0 bridgehead atoms. The Bertz CT molecular complexity index is 1410. The number of nitrogens with one attached hydrogen (secondary N) is 1. The van der Waals surface area contributed by atoms with Gasteiger partial charge in [-0.25, -0.2) is 19.7 Å². The predicted octanol–water partition coefficient (Wildman–Crippen LogP) is 5.43. The molecule has 0 saturated carbocycles. The number of hydrogen-bond donors (Lipinski definition) is 1. The Morgan fingerprint density at radius 2 is 1.86 bits per heavy atom. The van der Waals surface area contributed by atoms with Crippen molar-refractivity contribution in [3.05, 3.63) is 58.6 Å². The van der Waals surface area contributed by atoms with Crippen LogP contribution in [0.5, 0.6) is 5.75 Å². The van der Waals surface area contributed by atoms with Crippen LogP contribution in [0.15, 0.2) is 36.8 Å². The summed E-state index contributed by atoms with van der Waals surface area (Å²) in [5.41, 5.74) is 0.601. The number of carbonyl (C=O) groups excluding carboxylic acids is 2. The number of hydrogen-bond acceptors (Lipinski definition) is 9. The van der Waals surface area contributed by atoms with E-state index in [-0.39, 0.29) is 18.7 Å². The van der Waals surface area contributed by atoms with Gasteiger partial charge >= 0.3 is 12.3 Å². The molecule has 3 heterocycles. The Kier molecular flexibility index (Phi) is 9.36. The van der Waals surface area contributed by atoms with Gasteiger partial charge in [-0.2, -0.15) is 13.2 Å². The summed E-state index contributed by atoms with van der Waals surface area (Å²) in [5.74, 6) is -1.35. The minimum atomic E-state index is -4.66. The Morgan fingerprint density at radius 1 is 1.14 bits per heavy atom. The summed E-state index contributed by atoms with van der Waals surface area (Å²) in [6.07, 6.45) is -1.71. The first-order valence-electron chi connectivity index (χ1n) is 13.2. The third-order valence-corrected chi connectivity index (χ3v) is 7.00. The minimum absolute atomic E-state index is 0.111. The number of aromatic nitrogens is 3. The molecule has 2 amide bonds. The average Bonchev–Trinajstić information content (AvgIpc) is 3.37. The maximum absolute atomic E-state index is 13.2. The molecule has 4 rings (SSSR count). The highest BCUT2D eigenvalue weighted by Crippen LogP contribution is 2.30. The highest BCUT2D eigenvalue weighted by molar-refractivity contribution is 7.14. The first-order valence-corrected chi connectivity index (χ1v) is 14.0. The van der Waals surface area contributed by atoms with Crippen LogP contribution in [0, 0.1) is 6.92 Å². The molecule has 1 unspecified atom stereocenters. The monoisotopic (exact) mass is 607 g/mol. The molecule has 3 aromatic rings. The van der Waals surface area contributed by atoms with E-state index in [9.17, 15) is 22.8 Å². The van der Waals surface area contributed by atoms with Crippen LogP contribution in [0.3, 0.4) is 0 Å². The first kappa shape index (κ1) is 31.2. The van der Waals surface area contributed by atoms with Crippen molar-refractivity contribution in [1.82, 2.24) is 25.2 Å². The number of benzene rings is 1. The van der Waals surface area contributed by atoms with Gasteiger partial charge in [0.05, 0.1) is 19.2 Å². The van der Waals surface area contributed by atoms with Crippen molar-refractivity contribution < 1.29 is 37.0 Å². The van der Waals surface area contributed by atoms with Crippen LogP contribution in [0.2, 0.25) is 0 Å². The van der Waals surface area contributed by atoms with Crippen LogP contribution in [-0.4, -0.2) is 69.9 Å². The van der Waals surface area contributed by atoms with Crippen molar-refractivity contribution in [1.29, 1.82) is 0 Å². The Labute approximate surface area is 245 Å². The molecule has 1 fully saturated rings. The fraction of sp³-hybridized carbons (Fsp3) is 0.464. The van der Waals surface area contributed by atoms with E-state index in [1.165, 1.54) is 11.3 Å². The van der Waals surface area contributed by atoms with Gasteiger partial charge in [0, 0.05) is 46.7 Å². The zero-order valence-corrected chi connectivity index (χ0v) is 24.6. The quantitative estimate of drug-likeness (QED) is 0.378. The van der Waals surface area contributed by atoms with E-state index >= 15 is 0 Å². The van der Waals surface area contributed by atoms with E-state index in [1.807, 2.05) is 6.92 Å². The lowest BCUT2D eigenvalue weighted by Gasteiger charge is -2.34. The van der Waals surface area contributed by atoms with Gasteiger partial charge < -0.3 is 24.4 Å². The van der Waals surface area contributed by atoms with Crippen LogP contribution in [-0.2, 0) is 15.7 Å². The molecule has 226 valence electrons. The molecule has 1 saturated heterocycles. The standard InChI is InChI=1S/C28H32F3N5O5S/c1-16-11-32-24(42-16)19-8-18(23(37)35-17(2)20-12-33-25(34-13-20)28(29,30)31)9-21(10-19)40-15-22-14-36(6-7-39-22)26(38)41-27(3,4)5/h8-13,17,22H,6-7,14-15H2,1-5H3,(H,35,37)/t17?,22-/m1/s1. The topological polar surface area (TPSA) is 116 Å². The Hall–Kier alpha value is -3.78. The van der Waals surface area contributed by atoms with Gasteiger partial charge in [-0.3, -0.25) is 4.79 Å². The van der Waals surface area contributed by atoms with Crippen LogP contribution in [0.25, 0.3) is 10.6 Å². The maximum Gasteiger partial charge on any atom is 0.451 e. The number of amides is 2. The second-order valence-electron chi connectivity index (χ2n) is 10.8. The number of nitrogens with zero attached hydrogens (tertiary/aromatic N) is 4. The third-order valence-electron chi connectivity index (χ3n) is 6.04. The molecule has 1 aliphatic heterocycles. The lowest BCUT2D eigenvalue weighted by Crippen LogP contribution is -2.49. The minimum Gasteiger partial charge on any atom is -0.491 e. The second-order valence-corrected chi connectivity index (χ2v) is 12.0. The van der Waals surface area contributed by atoms with E-state index in [0.29, 0.717) is 35.0 Å². The van der Waals surface area contributed by atoms with Crippen molar-refractivity contribution in [2.45, 2.75) is 58.5 Å². The highest BCUT2D eigenvalue weighted by Gasteiger charge is 2.34. The zero-order valence-electron chi connectivity index (χ0n) is 23.8. The molecule has 14 heteroatoms. The second kappa shape index (κ2) is 12.6. The van der Waals surface area contributed by atoms with E-state index < -0.39 is 41.7 Å². The smallest absolute Gasteiger partial charge is 0.451 e. The van der Waals surface area contributed by atoms with E-state index in [1.54, 1.807) is 57.0 Å². The van der Waals surface area contributed by atoms with Crippen LogP contribution < -0.4 is 10.1 Å². The van der Waals surface area contributed by atoms with Crippen LogP contribution in [0.4, 0.5) is 18.0 Å². The van der Waals surface area contributed by atoms with Gasteiger partial charge in [0.15, 0.2) is 0 Å². The molecular formula is C28H32F3N5O5S. The van der Waals surface area contributed by atoms with Crippen LogP contribution in [0.1, 0.15) is 60.4 Å². The molecule has 2 atom stereocenters. The van der Waals surface area contributed by atoms with Gasteiger partial charge in [-0.15, -0.1) is 11.3 Å². The number of thiazole rings is 1. The number of carbonyl (C=O) groups is 2. The van der Waals surface area contributed by atoms with Gasteiger partial charge in [-0.05, 0) is 52.8 Å². The fourth-order valence-corrected chi connectivity index (χ4v) is 4.75. The van der Waals surface area contributed by atoms with E-state index in [0.717, 1.165) is 17.3 Å². The molecule has 0 spiro atoms. The summed E-state index contributed by atoms with van der Waals surface area (Å²) in [5, 5.41) is 3.45. The Balaban J connectivity index is 1.48. The van der Waals surface area contributed by atoms with Gasteiger partial charge in [0.2, 0.25) is 5.82 Å². The lowest BCUT2D eigenvalue weighted by molar-refractivity contribution is -0.145. The van der Waals surface area contributed by atoms with Crippen molar-refractivity contribution >= 4 is 23.3 Å². The normalized spacial score (nSPS) is 16.6. The SMILES string of the molecule is Cc1cnc(-c2cc(OC[C@H]3CN(C(=O)OC(C)(C)C)CCO3)cc(C(=O)NC(C)c3cnc(C(F)(F)F)nc3)c2)s1. The molecule has 2 aromatic heterocycles. The van der Waals surface area contributed by atoms with Gasteiger partial charge in [-0.1, -0.05) is 0 Å². The zero-order chi connectivity index (χ0) is 30.7. The van der Waals surface area contributed by atoms with Crippen molar-refractivity contribution in [3.63, 3.8) is 0 Å². The molecule has 1 aromatic carbocycles. The third kappa shape index (κ3) is 8.38. The summed E-state index contributed by atoms with van der Waals surface area (Å²) >= 11 is 1.45. The molecule has 0 radical (unpaired) electrons. The van der Waals surface area contributed by atoms with Crippen molar-refractivity contribution in [2.24, 2.45) is 0 Å². The number of alkyl halides is 3. The van der Waals surface area contributed by atoms with E-state index in [4.69, 9.17) is 14.2 Å². The molecule has 1 aliphatic rings. The lowest BCUT2D eigenvalue weighted by atomic mass is 10.1. The van der Waals surface area contributed by atoms with Crippen LogP contribution >= 0.6 is 11.3 Å². The van der Waals surface area contributed by atoms with Gasteiger partial charge in [0.1, 0.15) is 29.1 Å². The van der Waals surface area contributed by atoms with Crippen molar-refractivity contribution in [2.75, 3.05) is 26.3 Å². The fourth-order valence-electron chi connectivity index (χ4n) is 4.00. The average molecular weight is 608 g/mol. The summed E-state index contributed by atoms with van der Waals surface area (Å²) in [6, 6.07) is 4.31. The summed E-state index contributed by atoms with van der Waals surface area (Å²) in [7, 11) is 0. The molecule has 1 N–H and O–H groups in total. The molecule has 0 aliphatic carbocycles. The molecule has 10 nitrogen and oxygen atoms in total. The number of aryl methyl sites for hydroxylation is 1. The maximum atomic E-state index is 13.2. The van der Waals surface area contributed by atoms with Gasteiger partial charge in [0.25, 0.3) is 5.91 Å². The summed E-state index contributed by atoms with van der Waals surface area (Å²) < 4.78 is 55.8. The number of ether oxygens (including phenoxy) is 3. The summed E-state index contributed by atoms with van der Waals surface area (Å²) in [6.45, 7) is 10.0. The number of rotatable bonds is 7. The number of morpholine rings is 1. The Morgan fingerprint density at radius 3 is 2.48 bits per heavy atom. The molecule has 42 heavy (non-hydrogen) atoms. The predicted molar refractivity (Wildman–Crippen MR) is 148 cm³/mol. The van der Waals surface area contributed by atoms with Crippen molar-refractivity contribution in [3.8, 4) is 16.3 Å². The largest absolute Gasteiger partial charge is 0.491 e. The van der Waals surface area contributed by atoms with E-state index in [2.05, 4.69) is 20.3 Å². The highest BCUT2D eigenvalue weighted by atomic mass is 32.1. The summed E-state index contributed by atoms with van der Waals surface area (Å²) in [4.78, 5) is 39.5. The molecular weight excluding hydrogens is 575 g/mol.